The molecule has 0 unspecified atom stereocenters. The van der Waals surface area contributed by atoms with Gasteiger partial charge in [0.15, 0.2) is 0 Å². The maximum Gasteiger partial charge on any atom is 0.0880 e. The topological polar surface area (TPSA) is 25.8 Å². The fourth-order valence-electron chi connectivity index (χ4n) is 3.57. The molecule has 1 aromatic carbocycles. The van der Waals surface area contributed by atoms with Crippen molar-refractivity contribution in [1.29, 1.82) is 0 Å². The van der Waals surface area contributed by atoms with Crippen LogP contribution in [0.3, 0.4) is 0 Å². The first kappa shape index (κ1) is 16.2. The van der Waals surface area contributed by atoms with Crippen LogP contribution in [0.2, 0.25) is 0 Å². The van der Waals surface area contributed by atoms with Gasteiger partial charge in [-0.15, -0.1) is 11.3 Å². The van der Waals surface area contributed by atoms with Crippen LogP contribution in [0.15, 0.2) is 42.9 Å². The number of thiophene rings is 1. The number of pyridine rings is 2. The van der Waals surface area contributed by atoms with E-state index in [4.69, 9.17) is 4.98 Å². The maximum absolute atomic E-state index is 4.74. The van der Waals surface area contributed by atoms with Gasteiger partial charge in [0, 0.05) is 39.6 Å². The zero-order chi connectivity index (χ0) is 17.6. The molecule has 2 nitrogen and oxygen atoms in total. The molecule has 0 radical (unpaired) electrons. The molecule has 0 bridgehead atoms. The first-order valence-electron chi connectivity index (χ1n) is 8.75. The van der Waals surface area contributed by atoms with Crippen molar-refractivity contribution in [2.75, 3.05) is 0 Å². The van der Waals surface area contributed by atoms with Crippen LogP contribution in [0.1, 0.15) is 30.5 Å². The van der Waals surface area contributed by atoms with E-state index in [1.54, 1.807) is 0 Å². The first-order valence-corrected chi connectivity index (χ1v) is 9.57. The Labute approximate surface area is 152 Å². The van der Waals surface area contributed by atoms with Crippen molar-refractivity contribution in [1.82, 2.24) is 9.97 Å². The molecule has 0 fully saturated rings. The lowest BCUT2D eigenvalue weighted by atomic mass is 10.0. The summed E-state index contributed by atoms with van der Waals surface area (Å²) in [5, 5.41) is 2.52. The highest BCUT2D eigenvalue weighted by molar-refractivity contribution is 7.26. The van der Waals surface area contributed by atoms with Gasteiger partial charge in [0.05, 0.1) is 10.4 Å². The van der Waals surface area contributed by atoms with Gasteiger partial charge in [0.2, 0.25) is 0 Å². The minimum Gasteiger partial charge on any atom is -0.264 e. The minimum atomic E-state index is 0.620. The van der Waals surface area contributed by atoms with Crippen molar-refractivity contribution >= 4 is 31.5 Å². The number of rotatable bonds is 3. The Kier molecular flexibility index (Phi) is 4.04. The smallest absolute Gasteiger partial charge is 0.0880 e. The molecule has 3 heterocycles. The molecule has 0 N–H and O–H groups in total. The quantitative estimate of drug-likeness (QED) is 0.433. The molecule has 4 rings (SSSR count). The van der Waals surface area contributed by atoms with Gasteiger partial charge in [-0.05, 0) is 49.9 Å². The largest absolute Gasteiger partial charge is 0.264 e. The fraction of sp³-hybridized carbons (Fsp3) is 0.273. The van der Waals surface area contributed by atoms with E-state index < -0.39 is 0 Å². The molecule has 0 spiro atoms. The van der Waals surface area contributed by atoms with Crippen LogP contribution in [0.5, 0.6) is 0 Å². The van der Waals surface area contributed by atoms with E-state index in [0.29, 0.717) is 5.92 Å². The Morgan fingerprint density at radius 2 is 1.72 bits per heavy atom. The molecule has 25 heavy (non-hydrogen) atoms. The van der Waals surface area contributed by atoms with E-state index in [1.165, 1.54) is 42.4 Å². The average Bonchev–Trinajstić information content (AvgIpc) is 2.93. The van der Waals surface area contributed by atoms with Crippen LogP contribution in [0.4, 0.5) is 0 Å². The van der Waals surface area contributed by atoms with Crippen LogP contribution >= 0.6 is 11.3 Å². The monoisotopic (exact) mass is 346 g/mol. The Morgan fingerprint density at radius 3 is 2.44 bits per heavy atom. The van der Waals surface area contributed by atoms with Crippen molar-refractivity contribution in [3.8, 4) is 11.3 Å². The van der Waals surface area contributed by atoms with Crippen LogP contribution in [-0.2, 0) is 6.42 Å². The van der Waals surface area contributed by atoms with E-state index >= 15 is 0 Å². The second kappa shape index (κ2) is 6.23. The van der Waals surface area contributed by atoms with Gasteiger partial charge in [-0.25, -0.2) is 0 Å². The second-order valence-corrected chi connectivity index (χ2v) is 8.31. The molecule has 4 aromatic rings. The van der Waals surface area contributed by atoms with Gasteiger partial charge in [-0.2, -0.15) is 0 Å². The Bertz CT molecular complexity index is 1060. The summed E-state index contributed by atoms with van der Waals surface area (Å²) in [7, 11) is 0. The number of aryl methyl sites for hydroxylation is 2. The van der Waals surface area contributed by atoms with E-state index in [9.17, 15) is 0 Å². The summed E-state index contributed by atoms with van der Waals surface area (Å²) in [5.41, 5.74) is 6.18. The molecule has 0 aliphatic heterocycles. The zero-order valence-corrected chi connectivity index (χ0v) is 15.9. The van der Waals surface area contributed by atoms with Crippen molar-refractivity contribution in [2.24, 2.45) is 5.92 Å². The lowest BCUT2D eigenvalue weighted by Gasteiger charge is -2.05. The Hall–Kier alpha value is -2.26. The van der Waals surface area contributed by atoms with E-state index in [-0.39, 0.29) is 0 Å². The van der Waals surface area contributed by atoms with E-state index in [2.05, 4.69) is 56.9 Å². The third kappa shape index (κ3) is 2.93. The highest BCUT2D eigenvalue weighted by Gasteiger charge is 2.15. The third-order valence-corrected chi connectivity index (χ3v) is 5.80. The number of hydrogen-bond acceptors (Lipinski definition) is 3. The van der Waals surface area contributed by atoms with E-state index in [0.717, 1.165) is 12.1 Å². The van der Waals surface area contributed by atoms with E-state index in [1.807, 2.05) is 29.9 Å². The molecule has 126 valence electrons. The molecule has 0 saturated carbocycles. The standard InChI is InChI=1S/C22H22N2S/c1-13(2)7-17-11-23-12-19-18-5-6-24-20(22(18)25-21(17)19)16-9-14(3)8-15(4)10-16/h5-6,8-13H,7H2,1-4H3. The lowest BCUT2D eigenvalue weighted by molar-refractivity contribution is 0.649. The van der Waals surface area contributed by atoms with Gasteiger partial charge in [0.1, 0.15) is 0 Å². The summed E-state index contributed by atoms with van der Waals surface area (Å²) >= 11 is 1.86. The average molecular weight is 346 g/mol. The zero-order valence-electron chi connectivity index (χ0n) is 15.1. The molecule has 0 aliphatic carbocycles. The molecular formula is C22H22N2S. The molecule has 0 aliphatic rings. The van der Waals surface area contributed by atoms with Crippen LogP contribution in [0.25, 0.3) is 31.4 Å². The normalized spacial score (nSPS) is 11.7. The summed E-state index contributed by atoms with van der Waals surface area (Å²) in [5.74, 6) is 0.620. The van der Waals surface area contributed by atoms with Crippen molar-refractivity contribution < 1.29 is 0 Å². The van der Waals surface area contributed by atoms with Crippen LogP contribution in [0, 0.1) is 19.8 Å². The number of nitrogens with zero attached hydrogens (tertiary/aromatic N) is 2. The summed E-state index contributed by atoms with van der Waals surface area (Å²) < 4.78 is 2.62. The Balaban J connectivity index is 2.01. The highest BCUT2D eigenvalue weighted by atomic mass is 32.1. The van der Waals surface area contributed by atoms with Crippen molar-refractivity contribution in [2.45, 2.75) is 34.1 Å². The summed E-state index contributed by atoms with van der Waals surface area (Å²) in [6.07, 6.45) is 7.02. The predicted molar refractivity (Wildman–Crippen MR) is 108 cm³/mol. The molecule has 3 aromatic heterocycles. The van der Waals surface area contributed by atoms with Gasteiger partial charge in [-0.1, -0.05) is 31.0 Å². The molecule has 0 saturated heterocycles. The van der Waals surface area contributed by atoms with Crippen LogP contribution < -0.4 is 0 Å². The summed E-state index contributed by atoms with van der Waals surface area (Å²) in [6.45, 7) is 8.81. The minimum absolute atomic E-state index is 0.620. The summed E-state index contributed by atoms with van der Waals surface area (Å²) in [6, 6.07) is 8.79. The van der Waals surface area contributed by atoms with Gasteiger partial charge >= 0.3 is 0 Å². The number of fused-ring (bicyclic) bond motifs is 3. The number of hydrogen-bond donors (Lipinski definition) is 0. The fourth-order valence-corrected chi connectivity index (χ4v) is 4.87. The Morgan fingerprint density at radius 1 is 0.960 bits per heavy atom. The first-order chi connectivity index (χ1) is 12.0. The van der Waals surface area contributed by atoms with Gasteiger partial charge < -0.3 is 0 Å². The third-order valence-electron chi connectivity index (χ3n) is 4.49. The number of benzene rings is 1. The predicted octanol–water partition coefficient (Wildman–Crippen LogP) is 6.33. The van der Waals surface area contributed by atoms with Gasteiger partial charge in [0.25, 0.3) is 0 Å². The summed E-state index contributed by atoms with van der Waals surface area (Å²) in [4.78, 5) is 9.24. The molecule has 0 amide bonds. The lowest BCUT2D eigenvalue weighted by Crippen LogP contribution is -1.94. The number of aromatic nitrogens is 2. The van der Waals surface area contributed by atoms with Crippen LogP contribution in [-0.4, -0.2) is 9.97 Å². The van der Waals surface area contributed by atoms with Gasteiger partial charge in [-0.3, -0.25) is 9.97 Å². The SMILES string of the molecule is Cc1cc(C)cc(-c2nccc3c2sc2c(CC(C)C)cncc23)c1. The van der Waals surface area contributed by atoms with Crippen molar-refractivity contribution in [3.63, 3.8) is 0 Å². The highest BCUT2D eigenvalue weighted by Crippen LogP contribution is 2.40. The van der Waals surface area contributed by atoms with Crippen molar-refractivity contribution in [3.05, 3.63) is 59.5 Å². The molecular weight excluding hydrogens is 324 g/mol. The second-order valence-electron chi connectivity index (χ2n) is 7.29. The molecule has 0 atom stereocenters. The molecule has 3 heteroatoms. The maximum atomic E-state index is 4.74.